The van der Waals surface area contributed by atoms with Gasteiger partial charge in [0.15, 0.2) is 10.9 Å². The van der Waals surface area contributed by atoms with Gasteiger partial charge < -0.3 is 34.6 Å². The Kier molecular flexibility index (Phi) is 10.6. The van der Waals surface area contributed by atoms with Gasteiger partial charge in [0, 0.05) is 43.1 Å². The molecule has 0 aliphatic heterocycles. The summed E-state index contributed by atoms with van der Waals surface area (Å²) in [5.41, 5.74) is 5.27. The first kappa shape index (κ1) is 32.0. The number of amidine groups is 1. The average molecular weight is 585 g/mol. The Labute approximate surface area is 241 Å². The zero-order valence-electron chi connectivity index (χ0n) is 24.1. The Morgan fingerprint density at radius 3 is 2.40 bits per heavy atom. The SMILES string of the molecule is CCCc1c2oc(C(=O)OC(C)OC(=O)[C@@H](N)CCCCNC(C)=N)cc(=O)c2cc2c(=O)cc(C(=O)O)n(CC)c12. The van der Waals surface area contributed by atoms with Gasteiger partial charge in [-0.05, 0) is 45.6 Å². The van der Waals surface area contributed by atoms with Crippen LogP contribution in [0.5, 0.6) is 0 Å². The lowest BCUT2D eigenvalue weighted by Gasteiger charge is -2.18. The first-order valence-electron chi connectivity index (χ1n) is 13.8. The lowest BCUT2D eigenvalue weighted by molar-refractivity contribution is -0.167. The molecule has 0 spiro atoms. The number of hydrogen-bond donors (Lipinski definition) is 4. The number of esters is 2. The Bertz CT molecular complexity index is 1640. The molecule has 2 heterocycles. The average Bonchev–Trinajstić information content (AvgIpc) is 2.92. The predicted octanol–water partition coefficient (Wildman–Crippen LogP) is 2.91. The number of ether oxygens (including phenoxy) is 2. The highest BCUT2D eigenvalue weighted by molar-refractivity contribution is 6.01. The second-order valence-corrected chi connectivity index (χ2v) is 9.86. The molecule has 0 aliphatic carbocycles. The lowest BCUT2D eigenvalue weighted by Crippen LogP contribution is -2.35. The molecule has 0 bridgehead atoms. The normalized spacial score (nSPS) is 12.6. The number of benzene rings is 1. The number of carbonyl (C=O) groups is 3. The minimum Gasteiger partial charge on any atom is -0.477 e. The van der Waals surface area contributed by atoms with E-state index in [1.54, 1.807) is 13.8 Å². The lowest BCUT2D eigenvalue weighted by atomic mass is 10.00. The quantitative estimate of drug-likeness (QED) is 0.0574. The van der Waals surface area contributed by atoms with Crippen LogP contribution in [0.4, 0.5) is 0 Å². The molecule has 42 heavy (non-hydrogen) atoms. The summed E-state index contributed by atoms with van der Waals surface area (Å²) >= 11 is 0. The predicted molar refractivity (Wildman–Crippen MR) is 155 cm³/mol. The van der Waals surface area contributed by atoms with E-state index in [2.05, 4.69) is 5.32 Å². The fraction of sp³-hybridized carbons (Fsp3) is 0.448. The molecule has 2 atom stereocenters. The highest BCUT2D eigenvalue weighted by atomic mass is 16.7. The summed E-state index contributed by atoms with van der Waals surface area (Å²) in [6, 6.07) is 2.36. The number of pyridine rings is 1. The van der Waals surface area contributed by atoms with Crippen LogP contribution in [0.2, 0.25) is 0 Å². The van der Waals surface area contributed by atoms with Crippen molar-refractivity contribution in [3.8, 4) is 0 Å². The van der Waals surface area contributed by atoms with E-state index in [1.165, 1.54) is 17.6 Å². The van der Waals surface area contributed by atoms with Crippen LogP contribution in [0.3, 0.4) is 0 Å². The van der Waals surface area contributed by atoms with E-state index in [1.807, 2.05) is 6.92 Å². The van der Waals surface area contributed by atoms with Gasteiger partial charge in [0.1, 0.15) is 17.3 Å². The number of nitrogens with one attached hydrogen (secondary N) is 2. The summed E-state index contributed by atoms with van der Waals surface area (Å²) < 4.78 is 17.7. The zero-order chi connectivity index (χ0) is 31.1. The molecule has 1 aromatic carbocycles. The van der Waals surface area contributed by atoms with E-state index >= 15 is 0 Å². The van der Waals surface area contributed by atoms with Crippen molar-refractivity contribution in [1.29, 1.82) is 5.41 Å². The van der Waals surface area contributed by atoms with Crippen molar-refractivity contribution in [2.24, 2.45) is 5.73 Å². The molecule has 3 aromatic rings. The van der Waals surface area contributed by atoms with Crippen molar-refractivity contribution in [2.45, 2.75) is 78.7 Å². The van der Waals surface area contributed by atoms with Gasteiger partial charge in [-0.2, -0.15) is 0 Å². The van der Waals surface area contributed by atoms with E-state index in [0.29, 0.717) is 55.6 Å². The summed E-state index contributed by atoms with van der Waals surface area (Å²) in [4.78, 5) is 63.1. The summed E-state index contributed by atoms with van der Waals surface area (Å²) in [5.74, 6) is -3.22. The van der Waals surface area contributed by atoms with Gasteiger partial charge in [0.2, 0.25) is 12.1 Å². The number of aromatic nitrogens is 1. The van der Waals surface area contributed by atoms with Crippen molar-refractivity contribution in [1.82, 2.24) is 9.88 Å². The molecular weight excluding hydrogens is 548 g/mol. The largest absolute Gasteiger partial charge is 0.477 e. The molecule has 0 aliphatic rings. The summed E-state index contributed by atoms with van der Waals surface area (Å²) in [6.07, 6.45) is 1.19. The van der Waals surface area contributed by atoms with Crippen LogP contribution in [-0.4, -0.2) is 52.3 Å². The molecule has 13 heteroatoms. The minimum atomic E-state index is -1.34. The second-order valence-electron chi connectivity index (χ2n) is 9.86. The third kappa shape index (κ3) is 7.21. The van der Waals surface area contributed by atoms with Crippen molar-refractivity contribution in [3.63, 3.8) is 0 Å². The van der Waals surface area contributed by atoms with Crippen LogP contribution in [-0.2, 0) is 27.2 Å². The fourth-order valence-corrected chi connectivity index (χ4v) is 4.70. The summed E-state index contributed by atoms with van der Waals surface area (Å²) in [6.45, 7) is 7.34. The molecule has 0 saturated carbocycles. The first-order valence-corrected chi connectivity index (χ1v) is 13.8. The number of nitrogens with two attached hydrogens (primary N) is 1. The number of aryl methyl sites for hydroxylation is 2. The van der Waals surface area contributed by atoms with Gasteiger partial charge in [-0.15, -0.1) is 0 Å². The monoisotopic (exact) mass is 584 g/mol. The third-order valence-corrected chi connectivity index (χ3v) is 6.61. The molecular formula is C29H36N4O9. The molecule has 5 N–H and O–H groups in total. The maximum atomic E-state index is 13.1. The third-order valence-electron chi connectivity index (χ3n) is 6.61. The van der Waals surface area contributed by atoms with Gasteiger partial charge in [0.05, 0.1) is 16.7 Å². The highest BCUT2D eigenvalue weighted by Gasteiger charge is 2.25. The summed E-state index contributed by atoms with van der Waals surface area (Å²) in [7, 11) is 0. The van der Waals surface area contributed by atoms with E-state index < -0.39 is 46.9 Å². The maximum absolute atomic E-state index is 13.1. The fourth-order valence-electron chi connectivity index (χ4n) is 4.70. The van der Waals surface area contributed by atoms with Crippen LogP contribution in [0, 0.1) is 5.41 Å². The molecule has 0 saturated heterocycles. The number of rotatable bonds is 13. The van der Waals surface area contributed by atoms with Crippen LogP contribution >= 0.6 is 0 Å². The number of aromatic carboxylic acids is 1. The van der Waals surface area contributed by atoms with Crippen LogP contribution in [0.15, 0.2) is 32.2 Å². The van der Waals surface area contributed by atoms with Crippen LogP contribution in [0.1, 0.15) is 80.0 Å². The van der Waals surface area contributed by atoms with Gasteiger partial charge >= 0.3 is 17.9 Å². The van der Waals surface area contributed by atoms with E-state index in [-0.39, 0.29) is 28.6 Å². The van der Waals surface area contributed by atoms with Crippen molar-refractivity contribution in [3.05, 3.63) is 55.7 Å². The Morgan fingerprint density at radius 2 is 1.79 bits per heavy atom. The van der Waals surface area contributed by atoms with Gasteiger partial charge in [-0.1, -0.05) is 13.3 Å². The smallest absolute Gasteiger partial charge is 0.377 e. The molecule has 0 fully saturated rings. The van der Waals surface area contributed by atoms with E-state index in [4.69, 9.17) is 25.0 Å². The number of carbonyl (C=O) groups excluding carboxylic acids is 2. The molecule has 13 nitrogen and oxygen atoms in total. The van der Waals surface area contributed by atoms with E-state index in [0.717, 1.165) is 12.1 Å². The number of fused-ring (bicyclic) bond motifs is 2. The van der Waals surface area contributed by atoms with Gasteiger partial charge in [-0.3, -0.25) is 19.8 Å². The molecule has 1 unspecified atom stereocenters. The minimum absolute atomic E-state index is 0.0345. The molecule has 3 rings (SSSR count). The van der Waals surface area contributed by atoms with Crippen LogP contribution < -0.4 is 21.9 Å². The van der Waals surface area contributed by atoms with Crippen LogP contribution in [0.25, 0.3) is 21.9 Å². The molecule has 2 aromatic heterocycles. The van der Waals surface area contributed by atoms with E-state index in [9.17, 15) is 29.1 Å². The van der Waals surface area contributed by atoms with Crippen molar-refractivity contribution < 1.29 is 33.4 Å². The first-order chi connectivity index (χ1) is 19.9. The number of nitrogens with zero attached hydrogens (tertiary/aromatic N) is 1. The number of carboxylic acid groups (broad SMARTS) is 1. The second kappa shape index (κ2) is 13.9. The Balaban J connectivity index is 1.90. The van der Waals surface area contributed by atoms with Gasteiger partial charge in [0.25, 0.3) is 0 Å². The highest BCUT2D eigenvalue weighted by Crippen LogP contribution is 2.29. The zero-order valence-corrected chi connectivity index (χ0v) is 24.1. The molecule has 0 radical (unpaired) electrons. The Hall–Kier alpha value is -4.52. The summed E-state index contributed by atoms with van der Waals surface area (Å²) in [5, 5.41) is 20.1. The molecule has 0 amide bonds. The molecule has 226 valence electrons. The topological polar surface area (TPSA) is 204 Å². The van der Waals surface area contributed by atoms with Crippen molar-refractivity contribution >= 4 is 45.6 Å². The number of hydrogen-bond acceptors (Lipinski definition) is 10. The number of unbranched alkanes of at least 4 members (excludes halogenated alkanes) is 1. The maximum Gasteiger partial charge on any atom is 0.377 e. The van der Waals surface area contributed by atoms with Gasteiger partial charge in [-0.25, -0.2) is 9.59 Å². The number of carboxylic acids is 1. The Morgan fingerprint density at radius 1 is 1.10 bits per heavy atom. The van der Waals surface area contributed by atoms with Crippen molar-refractivity contribution in [2.75, 3.05) is 6.54 Å². The standard InChI is InChI=1S/C29H36N4O9/c1-5-9-17-25-18(22(34)13-21(27(36)37)33(25)6-2)12-19-23(35)14-24(42-26(17)19)29(39)41-16(4)40-28(38)20(31)10-7-8-11-32-15(3)30/h12-14,16,20H,5-11,31H2,1-4H3,(H2,30,32)(H,36,37)/t16?,20-/m0/s1.